The van der Waals surface area contributed by atoms with Crippen LogP contribution in [0.3, 0.4) is 0 Å². The molecule has 0 aliphatic rings. The van der Waals surface area contributed by atoms with Gasteiger partial charge in [0.2, 0.25) is 0 Å². The van der Waals surface area contributed by atoms with E-state index in [-0.39, 0.29) is 5.82 Å². The molecule has 1 heterocycles. The fourth-order valence-corrected chi connectivity index (χ4v) is 2.27. The summed E-state index contributed by atoms with van der Waals surface area (Å²) in [7, 11) is 0. The van der Waals surface area contributed by atoms with Crippen molar-refractivity contribution < 1.29 is 4.39 Å². The smallest absolute Gasteiger partial charge is 0.127 e. The Morgan fingerprint density at radius 2 is 2.14 bits per heavy atom. The van der Waals surface area contributed by atoms with Gasteiger partial charge >= 0.3 is 0 Å². The number of nitriles is 1. The second-order valence-electron chi connectivity index (χ2n) is 4.72. The van der Waals surface area contributed by atoms with Crippen molar-refractivity contribution in [3.05, 3.63) is 64.7 Å². The summed E-state index contributed by atoms with van der Waals surface area (Å²) in [6.45, 7) is 1.59. The molecule has 0 fully saturated rings. The average molecular weight is 304 g/mol. The molecule has 0 unspecified atom stereocenters. The Balaban J connectivity index is 2.12. The average Bonchev–Trinajstić information content (AvgIpc) is 2.49. The molecule has 0 atom stereocenters. The minimum Gasteiger partial charge on any atom is -0.294 e. The number of halogens is 2. The van der Waals surface area contributed by atoms with E-state index in [9.17, 15) is 4.39 Å². The molecule has 0 amide bonds. The second kappa shape index (κ2) is 7.72. The van der Waals surface area contributed by atoms with Crippen LogP contribution in [0.2, 0.25) is 5.02 Å². The molecule has 0 saturated carbocycles. The number of benzene rings is 1. The van der Waals surface area contributed by atoms with Crippen LogP contribution in [0.5, 0.6) is 0 Å². The first-order valence-corrected chi connectivity index (χ1v) is 6.99. The number of hydrogen-bond donors (Lipinski definition) is 0. The Morgan fingerprint density at radius 1 is 1.29 bits per heavy atom. The number of pyridine rings is 1. The van der Waals surface area contributed by atoms with Crippen molar-refractivity contribution in [1.29, 1.82) is 5.26 Å². The van der Waals surface area contributed by atoms with Gasteiger partial charge in [0.05, 0.1) is 6.07 Å². The van der Waals surface area contributed by atoms with Crippen LogP contribution in [-0.4, -0.2) is 16.4 Å². The molecule has 21 heavy (non-hydrogen) atoms. The van der Waals surface area contributed by atoms with Gasteiger partial charge in [0.15, 0.2) is 0 Å². The van der Waals surface area contributed by atoms with Gasteiger partial charge in [0.1, 0.15) is 5.82 Å². The highest BCUT2D eigenvalue weighted by Gasteiger charge is 2.11. The Kier molecular flexibility index (Phi) is 5.68. The van der Waals surface area contributed by atoms with Crippen molar-refractivity contribution >= 4 is 11.6 Å². The van der Waals surface area contributed by atoms with Crippen molar-refractivity contribution in [3.8, 4) is 6.07 Å². The van der Waals surface area contributed by atoms with E-state index in [0.717, 1.165) is 5.56 Å². The van der Waals surface area contributed by atoms with Crippen LogP contribution in [0, 0.1) is 17.1 Å². The highest BCUT2D eigenvalue weighted by molar-refractivity contribution is 6.30. The molecular formula is C16H15ClFN3. The number of nitrogens with zero attached hydrogens (tertiary/aromatic N) is 3. The molecule has 0 aliphatic carbocycles. The van der Waals surface area contributed by atoms with Crippen molar-refractivity contribution in [3.63, 3.8) is 0 Å². The van der Waals surface area contributed by atoms with Crippen LogP contribution < -0.4 is 0 Å². The van der Waals surface area contributed by atoms with E-state index in [4.69, 9.17) is 16.9 Å². The minimum atomic E-state index is -0.285. The van der Waals surface area contributed by atoms with Gasteiger partial charge < -0.3 is 0 Å². The van der Waals surface area contributed by atoms with Gasteiger partial charge in [-0.2, -0.15) is 5.26 Å². The van der Waals surface area contributed by atoms with Crippen molar-refractivity contribution in [2.75, 3.05) is 6.54 Å². The highest BCUT2D eigenvalue weighted by Crippen LogP contribution is 2.18. The topological polar surface area (TPSA) is 39.9 Å². The number of rotatable bonds is 6. The van der Waals surface area contributed by atoms with Gasteiger partial charge in [0, 0.05) is 49.0 Å². The van der Waals surface area contributed by atoms with Gasteiger partial charge in [-0.25, -0.2) is 4.39 Å². The van der Waals surface area contributed by atoms with E-state index in [1.807, 2.05) is 17.0 Å². The van der Waals surface area contributed by atoms with Crippen LogP contribution in [0.4, 0.5) is 4.39 Å². The van der Waals surface area contributed by atoms with E-state index < -0.39 is 0 Å². The predicted molar refractivity (Wildman–Crippen MR) is 80.0 cm³/mol. The van der Waals surface area contributed by atoms with Crippen molar-refractivity contribution in [1.82, 2.24) is 9.88 Å². The molecule has 3 nitrogen and oxygen atoms in total. The fraction of sp³-hybridized carbons (Fsp3) is 0.250. The van der Waals surface area contributed by atoms with Crippen LogP contribution in [0.15, 0.2) is 42.7 Å². The lowest BCUT2D eigenvalue weighted by molar-refractivity contribution is 0.259. The molecule has 1 aromatic heterocycles. The van der Waals surface area contributed by atoms with Gasteiger partial charge in [-0.15, -0.1) is 0 Å². The summed E-state index contributed by atoms with van der Waals surface area (Å²) in [6.07, 6.45) is 3.87. The third kappa shape index (κ3) is 4.82. The molecule has 0 N–H and O–H groups in total. The van der Waals surface area contributed by atoms with Gasteiger partial charge in [-0.3, -0.25) is 9.88 Å². The van der Waals surface area contributed by atoms with Gasteiger partial charge in [0.25, 0.3) is 0 Å². The fourth-order valence-electron chi connectivity index (χ4n) is 2.08. The molecule has 5 heteroatoms. The highest BCUT2D eigenvalue weighted by atomic mass is 35.5. The van der Waals surface area contributed by atoms with Crippen molar-refractivity contribution in [2.45, 2.75) is 19.5 Å². The standard InChI is InChI=1S/C16H15ClFN3/c17-15-4-5-16(18)14(9-15)12-21(8-2-6-19)11-13-3-1-7-20-10-13/h1,3-5,7,9-10H,2,8,11-12H2. The Morgan fingerprint density at radius 3 is 2.86 bits per heavy atom. The SMILES string of the molecule is N#CCCN(Cc1cccnc1)Cc1cc(Cl)ccc1F. The number of aromatic nitrogens is 1. The summed E-state index contributed by atoms with van der Waals surface area (Å²) < 4.78 is 13.8. The largest absolute Gasteiger partial charge is 0.294 e. The molecule has 1 aromatic carbocycles. The Bertz CT molecular complexity index is 625. The third-order valence-corrected chi connectivity index (χ3v) is 3.31. The molecule has 0 radical (unpaired) electrons. The first-order valence-electron chi connectivity index (χ1n) is 6.61. The lowest BCUT2D eigenvalue weighted by atomic mass is 10.1. The van der Waals surface area contributed by atoms with E-state index in [1.54, 1.807) is 18.5 Å². The van der Waals surface area contributed by atoms with Gasteiger partial charge in [-0.05, 0) is 29.8 Å². The summed E-state index contributed by atoms with van der Waals surface area (Å²) in [6, 6.07) is 10.5. The Hall–Kier alpha value is -1.96. The summed E-state index contributed by atoms with van der Waals surface area (Å²) in [5, 5.41) is 9.27. The van der Waals surface area contributed by atoms with Crippen molar-refractivity contribution in [2.24, 2.45) is 0 Å². The molecular weight excluding hydrogens is 289 g/mol. The zero-order valence-corrected chi connectivity index (χ0v) is 12.2. The molecule has 2 rings (SSSR count). The predicted octanol–water partition coefficient (Wildman–Crippen LogP) is 3.79. The van der Waals surface area contributed by atoms with Crippen LogP contribution >= 0.6 is 11.6 Å². The summed E-state index contributed by atoms with van der Waals surface area (Å²) in [4.78, 5) is 6.08. The zero-order chi connectivity index (χ0) is 15.1. The monoisotopic (exact) mass is 303 g/mol. The summed E-state index contributed by atoms with van der Waals surface area (Å²) >= 11 is 5.92. The lowest BCUT2D eigenvalue weighted by Crippen LogP contribution is -2.24. The second-order valence-corrected chi connectivity index (χ2v) is 5.15. The van der Waals surface area contributed by atoms with Crippen LogP contribution in [0.1, 0.15) is 17.5 Å². The van der Waals surface area contributed by atoms with E-state index in [2.05, 4.69) is 11.1 Å². The maximum Gasteiger partial charge on any atom is 0.127 e. The van der Waals surface area contributed by atoms with E-state index >= 15 is 0 Å². The van der Waals surface area contributed by atoms with E-state index in [1.165, 1.54) is 12.1 Å². The van der Waals surface area contributed by atoms with Gasteiger partial charge in [-0.1, -0.05) is 17.7 Å². The van der Waals surface area contributed by atoms with E-state index in [0.29, 0.717) is 36.6 Å². The van der Waals surface area contributed by atoms with Crippen LogP contribution in [0.25, 0.3) is 0 Å². The Labute approximate surface area is 128 Å². The first-order chi connectivity index (χ1) is 10.2. The minimum absolute atomic E-state index is 0.285. The summed E-state index contributed by atoms with van der Waals surface area (Å²) in [5.41, 5.74) is 1.56. The third-order valence-electron chi connectivity index (χ3n) is 3.07. The zero-order valence-electron chi connectivity index (χ0n) is 11.5. The molecule has 0 spiro atoms. The maximum absolute atomic E-state index is 13.8. The molecule has 108 valence electrons. The molecule has 2 aromatic rings. The number of hydrogen-bond acceptors (Lipinski definition) is 3. The lowest BCUT2D eigenvalue weighted by Gasteiger charge is -2.21. The maximum atomic E-state index is 13.8. The molecule has 0 saturated heterocycles. The van der Waals surface area contributed by atoms with Crippen LogP contribution in [-0.2, 0) is 13.1 Å². The molecule has 0 aliphatic heterocycles. The molecule has 0 bridgehead atoms. The quantitative estimate of drug-likeness (QED) is 0.815. The first kappa shape index (κ1) is 15.4. The summed E-state index contributed by atoms with van der Waals surface area (Å²) in [5.74, 6) is -0.285. The normalized spacial score (nSPS) is 10.6.